The summed E-state index contributed by atoms with van der Waals surface area (Å²) in [6, 6.07) is 14.8. The average Bonchev–Trinajstić information content (AvgIpc) is 3.20. The van der Waals surface area contributed by atoms with Gasteiger partial charge in [-0.3, -0.25) is 14.4 Å². The van der Waals surface area contributed by atoms with E-state index in [0.717, 1.165) is 12.0 Å². The third-order valence-electron chi connectivity index (χ3n) is 7.05. The van der Waals surface area contributed by atoms with E-state index in [0.29, 0.717) is 17.9 Å². The van der Waals surface area contributed by atoms with Crippen molar-refractivity contribution in [3.63, 3.8) is 0 Å². The van der Waals surface area contributed by atoms with Gasteiger partial charge < -0.3 is 19.4 Å². The topological polar surface area (TPSA) is 84.9 Å². The minimum Gasteiger partial charge on any atom is -0.484 e. The van der Waals surface area contributed by atoms with Crippen LogP contribution in [0.1, 0.15) is 49.2 Å². The van der Waals surface area contributed by atoms with Crippen LogP contribution in [0.4, 0.5) is 0 Å². The number of hydrogen-bond acceptors (Lipinski definition) is 5. The summed E-state index contributed by atoms with van der Waals surface area (Å²) in [5, 5.41) is 2.90. The monoisotopic (exact) mass is 510 g/mol. The summed E-state index contributed by atoms with van der Waals surface area (Å²) in [7, 11) is -2.11. The van der Waals surface area contributed by atoms with Gasteiger partial charge >= 0.3 is 0 Å². The molecule has 1 fully saturated rings. The number of amides is 2. The number of benzene rings is 2. The number of nitrogens with one attached hydrogen (secondary N) is 1. The van der Waals surface area contributed by atoms with Gasteiger partial charge in [-0.05, 0) is 59.9 Å². The summed E-state index contributed by atoms with van der Waals surface area (Å²) in [6.45, 7) is 13.2. The van der Waals surface area contributed by atoms with Crippen LogP contribution in [0.15, 0.2) is 48.5 Å². The van der Waals surface area contributed by atoms with Crippen LogP contribution < -0.4 is 10.1 Å². The van der Waals surface area contributed by atoms with E-state index in [2.05, 4.69) is 46.1 Å². The molecule has 0 aromatic heterocycles. The number of nitrogens with zero attached hydrogens (tertiary/aromatic N) is 1. The van der Waals surface area contributed by atoms with E-state index < -0.39 is 14.4 Å². The highest BCUT2D eigenvalue weighted by atomic mass is 28.4. The lowest BCUT2D eigenvalue weighted by Gasteiger charge is -2.37. The van der Waals surface area contributed by atoms with Crippen molar-refractivity contribution in [1.29, 1.82) is 0 Å². The number of hydrogen-bond donors (Lipinski definition) is 1. The molecule has 3 rings (SSSR count). The van der Waals surface area contributed by atoms with E-state index in [9.17, 15) is 14.4 Å². The van der Waals surface area contributed by atoms with Gasteiger partial charge in [0.1, 0.15) is 11.9 Å². The Labute approximate surface area is 215 Å². The maximum atomic E-state index is 12.6. The normalized spacial score (nSPS) is 16.2. The van der Waals surface area contributed by atoms with Crippen LogP contribution in [0.5, 0.6) is 5.75 Å². The predicted octanol–water partition coefficient (Wildman–Crippen LogP) is 4.36. The summed E-state index contributed by atoms with van der Waals surface area (Å²) < 4.78 is 11.9. The van der Waals surface area contributed by atoms with E-state index in [-0.39, 0.29) is 42.3 Å². The Morgan fingerprint density at radius 1 is 1.03 bits per heavy atom. The highest BCUT2D eigenvalue weighted by Gasteiger charge is 2.43. The van der Waals surface area contributed by atoms with Crippen molar-refractivity contribution in [3.05, 3.63) is 65.2 Å². The lowest BCUT2D eigenvalue weighted by Crippen LogP contribution is -2.46. The van der Waals surface area contributed by atoms with Gasteiger partial charge in [0.2, 0.25) is 0 Å². The van der Waals surface area contributed by atoms with Gasteiger partial charge in [0, 0.05) is 12.1 Å². The SMILES string of the molecule is CCc1ccc(C(=O)NCc2ccc(OCC(=O)N3CC(=O)[C@H](O[Si](C)(C)C(C)(C)C)C3)cc2)cc1. The first kappa shape index (κ1) is 27.6. The number of aryl methyl sites for hydroxylation is 1. The molecule has 8 heteroatoms. The second-order valence-corrected chi connectivity index (χ2v) is 15.5. The van der Waals surface area contributed by atoms with E-state index in [1.807, 2.05) is 36.4 Å². The largest absolute Gasteiger partial charge is 0.484 e. The summed E-state index contributed by atoms with van der Waals surface area (Å²) in [4.78, 5) is 39.0. The quantitative estimate of drug-likeness (QED) is 0.507. The summed E-state index contributed by atoms with van der Waals surface area (Å²) in [6.07, 6.45) is 0.374. The van der Waals surface area contributed by atoms with Gasteiger partial charge in [-0.15, -0.1) is 0 Å². The van der Waals surface area contributed by atoms with Crippen molar-refractivity contribution in [2.45, 2.75) is 64.9 Å². The number of carbonyl (C=O) groups is 3. The first-order valence-corrected chi connectivity index (χ1v) is 15.4. The van der Waals surface area contributed by atoms with Gasteiger partial charge in [-0.1, -0.05) is 52.0 Å². The molecule has 2 amide bonds. The Kier molecular flexibility index (Phi) is 8.74. The van der Waals surface area contributed by atoms with Crippen LogP contribution >= 0.6 is 0 Å². The second-order valence-electron chi connectivity index (χ2n) is 10.8. The summed E-state index contributed by atoms with van der Waals surface area (Å²) in [5.74, 6) is 0.128. The maximum Gasteiger partial charge on any atom is 0.261 e. The molecule has 36 heavy (non-hydrogen) atoms. The Balaban J connectivity index is 1.45. The molecule has 0 radical (unpaired) electrons. The van der Waals surface area contributed by atoms with Crippen LogP contribution in [0.3, 0.4) is 0 Å². The van der Waals surface area contributed by atoms with Gasteiger partial charge in [-0.25, -0.2) is 0 Å². The van der Waals surface area contributed by atoms with Gasteiger partial charge in [0.05, 0.1) is 13.1 Å². The fourth-order valence-corrected chi connectivity index (χ4v) is 4.87. The highest BCUT2D eigenvalue weighted by Crippen LogP contribution is 2.38. The molecule has 0 saturated carbocycles. The van der Waals surface area contributed by atoms with Gasteiger partial charge in [0.25, 0.3) is 11.8 Å². The van der Waals surface area contributed by atoms with Crippen molar-refractivity contribution in [3.8, 4) is 5.75 Å². The first-order valence-electron chi connectivity index (χ1n) is 12.5. The Bertz CT molecular complexity index is 1070. The molecule has 194 valence electrons. The molecule has 1 saturated heterocycles. The lowest BCUT2D eigenvalue weighted by atomic mass is 10.1. The molecule has 1 heterocycles. The highest BCUT2D eigenvalue weighted by molar-refractivity contribution is 6.74. The molecule has 1 aliphatic rings. The molecule has 2 aromatic carbocycles. The molecule has 2 aromatic rings. The smallest absolute Gasteiger partial charge is 0.261 e. The molecule has 1 aliphatic heterocycles. The zero-order chi connectivity index (χ0) is 26.5. The Morgan fingerprint density at radius 2 is 1.64 bits per heavy atom. The zero-order valence-corrected chi connectivity index (χ0v) is 23.2. The minimum atomic E-state index is -2.11. The Morgan fingerprint density at radius 3 is 2.22 bits per heavy atom. The zero-order valence-electron chi connectivity index (χ0n) is 22.2. The molecule has 7 nitrogen and oxygen atoms in total. The fraction of sp³-hybridized carbons (Fsp3) is 0.464. The molecule has 1 atom stereocenters. The standard InChI is InChI=1S/C28H38N2O5Si/c1-7-20-8-12-22(13-9-20)27(33)29-16-21-10-14-23(15-11-21)34-19-26(32)30-17-24(31)25(18-30)35-36(5,6)28(2,3)4/h8-15,25H,7,16-19H2,1-6H3,(H,29,33)/t25-/m1/s1. The predicted molar refractivity (Wildman–Crippen MR) is 143 cm³/mol. The van der Waals surface area contributed by atoms with Crippen LogP contribution in [-0.4, -0.2) is 56.6 Å². The molecule has 0 bridgehead atoms. The van der Waals surface area contributed by atoms with Crippen LogP contribution in [0.25, 0.3) is 0 Å². The van der Waals surface area contributed by atoms with Crippen LogP contribution in [-0.2, 0) is 27.0 Å². The van der Waals surface area contributed by atoms with Crippen LogP contribution in [0, 0.1) is 0 Å². The van der Waals surface area contributed by atoms with Gasteiger partial charge in [0.15, 0.2) is 20.7 Å². The van der Waals surface area contributed by atoms with Crippen LogP contribution in [0.2, 0.25) is 18.1 Å². The minimum absolute atomic E-state index is 0.0109. The first-order chi connectivity index (χ1) is 16.9. The van der Waals surface area contributed by atoms with Crippen molar-refractivity contribution in [2.75, 3.05) is 19.7 Å². The van der Waals surface area contributed by atoms with Crippen molar-refractivity contribution in [2.24, 2.45) is 0 Å². The van der Waals surface area contributed by atoms with Crippen molar-refractivity contribution < 1.29 is 23.5 Å². The molecular weight excluding hydrogens is 472 g/mol. The molecule has 1 N–H and O–H groups in total. The number of ketones is 1. The maximum absolute atomic E-state index is 12.6. The summed E-state index contributed by atoms with van der Waals surface area (Å²) >= 11 is 0. The number of Topliss-reactive ketones (excluding diaryl/α,β-unsaturated/α-hetero) is 1. The van der Waals surface area contributed by atoms with Crippen molar-refractivity contribution >= 4 is 25.9 Å². The average molecular weight is 511 g/mol. The third-order valence-corrected chi connectivity index (χ3v) is 11.5. The molecule has 0 unspecified atom stereocenters. The summed E-state index contributed by atoms with van der Waals surface area (Å²) in [5.41, 5.74) is 2.74. The van der Waals surface area contributed by atoms with E-state index in [1.54, 1.807) is 12.1 Å². The fourth-order valence-electron chi connectivity index (χ4n) is 3.60. The third kappa shape index (κ3) is 7.04. The number of rotatable bonds is 9. The second kappa shape index (κ2) is 11.4. The number of ether oxygens (including phenoxy) is 1. The number of likely N-dealkylation sites (tertiary alicyclic amines) is 1. The van der Waals surface area contributed by atoms with E-state index >= 15 is 0 Å². The molecule has 0 aliphatic carbocycles. The lowest BCUT2D eigenvalue weighted by molar-refractivity contribution is -0.133. The van der Waals surface area contributed by atoms with Crippen molar-refractivity contribution in [1.82, 2.24) is 10.2 Å². The Hall–Kier alpha value is -2.97. The molecular formula is C28H38N2O5Si. The van der Waals surface area contributed by atoms with E-state index in [4.69, 9.17) is 9.16 Å². The molecule has 0 spiro atoms. The number of carbonyl (C=O) groups excluding carboxylic acids is 3. The van der Waals surface area contributed by atoms with E-state index in [1.165, 1.54) is 10.5 Å². The van der Waals surface area contributed by atoms with Gasteiger partial charge in [-0.2, -0.15) is 0 Å².